The molecule has 0 saturated carbocycles. The molecule has 1 heterocycles. The number of hydrogen-bond acceptors (Lipinski definition) is 3. The van der Waals surface area contributed by atoms with E-state index in [2.05, 4.69) is 9.97 Å². The lowest BCUT2D eigenvalue weighted by molar-refractivity contribution is -0.136. The Hall–Kier alpha value is -1.39. The van der Waals surface area contributed by atoms with Crippen LogP contribution in [0.2, 0.25) is 10.3 Å². The van der Waals surface area contributed by atoms with E-state index in [1.54, 1.807) is 18.2 Å². The predicted molar refractivity (Wildman–Crippen MR) is 60.9 cm³/mol. The number of carboxylic acid groups (broad SMARTS) is 1. The first-order chi connectivity index (χ1) is 7.56. The predicted octanol–water partition coefficient (Wildman–Crippen LogP) is 2.56. The highest BCUT2D eigenvalue weighted by molar-refractivity contribution is 6.31. The van der Waals surface area contributed by atoms with Gasteiger partial charge in [0.05, 0.1) is 17.6 Å². The molecule has 0 spiro atoms. The molecule has 0 aliphatic heterocycles. The van der Waals surface area contributed by atoms with Crippen LogP contribution >= 0.6 is 23.2 Å². The minimum absolute atomic E-state index is 0.0195. The number of aromatic nitrogens is 2. The summed E-state index contributed by atoms with van der Waals surface area (Å²) in [5, 5.41) is 9.93. The van der Waals surface area contributed by atoms with Gasteiger partial charge < -0.3 is 5.11 Å². The van der Waals surface area contributed by atoms with Crippen molar-refractivity contribution in [1.29, 1.82) is 0 Å². The van der Waals surface area contributed by atoms with Crippen LogP contribution in [0.25, 0.3) is 10.9 Å². The number of hydrogen-bond donors (Lipinski definition) is 1. The molecule has 2 aromatic rings. The summed E-state index contributed by atoms with van der Waals surface area (Å²) in [5.74, 6) is -0.967. The smallest absolute Gasteiger partial charge is 0.309 e. The van der Waals surface area contributed by atoms with Crippen molar-refractivity contribution in [1.82, 2.24) is 9.97 Å². The van der Waals surface area contributed by atoms with Crippen LogP contribution in [0.3, 0.4) is 0 Å². The van der Waals surface area contributed by atoms with Crippen LogP contribution in [0.4, 0.5) is 0 Å². The van der Waals surface area contributed by atoms with Crippen LogP contribution in [0, 0.1) is 0 Å². The van der Waals surface area contributed by atoms with Crippen molar-refractivity contribution in [2.45, 2.75) is 6.42 Å². The first-order valence-corrected chi connectivity index (χ1v) is 5.15. The van der Waals surface area contributed by atoms with Gasteiger partial charge in [-0.3, -0.25) is 4.79 Å². The summed E-state index contributed by atoms with van der Waals surface area (Å²) >= 11 is 11.5. The molecule has 0 saturated heterocycles. The van der Waals surface area contributed by atoms with Crippen molar-refractivity contribution in [2.75, 3.05) is 0 Å². The molecule has 0 radical (unpaired) electrons. The zero-order valence-electron chi connectivity index (χ0n) is 7.94. The van der Waals surface area contributed by atoms with Gasteiger partial charge in [0, 0.05) is 10.4 Å². The minimum atomic E-state index is -0.967. The molecule has 16 heavy (non-hydrogen) atoms. The van der Waals surface area contributed by atoms with Gasteiger partial charge in [0.15, 0.2) is 0 Å². The average molecular weight is 257 g/mol. The van der Waals surface area contributed by atoms with E-state index in [4.69, 9.17) is 28.3 Å². The van der Waals surface area contributed by atoms with E-state index in [0.717, 1.165) is 0 Å². The number of benzene rings is 1. The fourth-order valence-corrected chi connectivity index (χ4v) is 1.77. The molecule has 0 fully saturated rings. The third-order valence-electron chi connectivity index (χ3n) is 2.03. The second kappa shape index (κ2) is 4.23. The number of nitrogens with zero attached hydrogens (tertiary/aromatic N) is 2. The van der Waals surface area contributed by atoms with Crippen LogP contribution in [0.15, 0.2) is 18.2 Å². The second-order valence-corrected chi connectivity index (χ2v) is 3.95. The largest absolute Gasteiger partial charge is 0.481 e. The Labute approximate surface area is 101 Å². The molecule has 6 heteroatoms. The van der Waals surface area contributed by atoms with Gasteiger partial charge in [-0.2, -0.15) is 0 Å². The highest BCUT2D eigenvalue weighted by Gasteiger charge is 2.10. The van der Waals surface area contributed by atoms with Gasteiger partial charge >= 0.3 is 5.97 Å². The number of rotatable bonds is 2. The summed E-state index contributed by atoms with van der Waals surface area (Å²) in [6.07, 6.45) is -0.194. The molecule has 0 amide bonds. The number of fused-ring (bicyclic) bond motifs is 1. The van der Waals surface area contributed by atoms with Crippen molar-refractivity contribution >= 4 is 40.1 Å². The van der Waals surface area contributed by atoms with E-state index >= 15 is 0 Å². The quantitative estimate of drug-likeness (QED) is 0.840. The van der Waals surface area contributed by atoms with Gasteiger partial charge in [-0.1, -0.05) is 11.6 Å². The normalized spacial score (nSPS) is 10.6. The number of halogens is 2. The van der Waals surface area contributed by atoms with Crippen molar-refractivity contribution < 1.29 is 9.90 Å². The molecule has 82 valence electrons. The Kier molecular flexibility index (Phi) is 2.94. The van der Waals surface area contributed by atoms with Gasteiger partial charge in [-0.25, -0.2) is 9.97 Å². The van der Waals surface area contributed by atoms with Crippen LogP contribution in [0.5, 0.6) is 0 Å². The molecule has 0 aliphatic rings. The van der Waals surface area contributed by atoms with Crippen LogP contribution in [-0.4, -0.2) is 21.0 Å². The van der Waals surface area contributed by atoms with Gasteiger partial charge in [0.2, 0.25) is 5.28 Å². The summed E-state index contributed by atoms with van der Waals surface area (Å²) in [6, 6.07) is 4.97. The van der Waals surface area contributed by atoms with Crippen molar-refractivity contribution in [2.24, 2.45) is 0 Å². The highest BCUT2D eigenvalue weighted by atomic mass is 35.5. The number of carbonyl (C=O) groups is 1. The Balaban J connectivity index is 2.67. The van der Waals surface area contributed by atoms with Gasteiger partial charge in [-0.15, -0.1) is 0 Å². The van der Waals surface area contributed by atoms with Crippen molar-refractivity contribution in [3.63, 3.8) is 0 Å². The Morgan fingerprint density at radius 3 is 2.75 bits per heavy atom. The SMILES string of the molecule is O=C(O)Cc1nc(Cl)nc2cc(Cl)ccc12. The minimum Gasteiger partial charge on any atom is -0.481 e. The molecule has 0 aliphatic carbocycles. The molecule has 0 unspecified atom stereocenters. The zero-order valence-corrected chi connectivity index (χ0v) is 9.46. The summed E-state index contributed by atoms with van der Waals surface area (Å²) in [6.45, 7) is 0. The van der Waals surface area contributed by atoms with Crippen LogP contribution in [0.1, 0.15) is 5.69 Å². The maximum absolute atomic E-state index is 10.7. The summed E-state index contributed by atoms with van der Waals surface area (Å²) in [7, 11) is 0. The fraction of sp³-hybridized carbons (Fsp3) is 0.100. The molecule has 0 atom stereocenters. The van der Waals surface area contributed by atoms with E-state index in [-0.39, 0.29) is 11.7 Å². The highest BCUT2D eigenvalue weighted by Crippen LogP contribution is 2.22. The van der Waals surface area contributed by atoms with Crippen molar-refractivity contribution in [3.05, 3.63) is 34.2 Å². The van der Waals surface area contributed by atoms with Gasteiger partial charge in [0.1, 0.15) is 0 Å². The van der Waals surface area contributed by atoms with E-state index in [1.165, 1.54) is 0 Å². The Morgan fingerprint density at radius 1 is 1.31 bits per heavy atom. The van der Waals surface area contributed by atoms with E-state index < -0.39 is 5.97 Å². The molecule has 1 aromatic carbocycles. The summed E-state index contributed by atoms with van der Waals surface area (Å²) in [5.41, 5.74) is 0.933. The Morgan fingerprint density at radius 2 is 2.06 bits per heavy atom. The monoisotopic (exact) mass is 256 g/mol. The third-order valence-corrected chi connectivity index (χ3v) is 2.43. The lowest BCUT2D eigenvalue weighted by atomic mass is 10.1. The molecule has 0 bridgehead atoms. The van der Waals surface area contributed by atoms with Crippen LogP contribution in [-0.2, 0) is 11.2 Å². The molecular formula is C10H6Cl2N2O2. The lowest BCUT2D eigenvalue weighted by Crippen LogP contribution is -2.04. The zero-order chi connectivity index (χ0) is 11.7. The summed E-state index contributed by atoms with van der Waals surface area (Å²) in [4.78, 5) is 18.5. The first kappa shape index (κ1) is 11.1. The van der Waals surface area contributed by atoms with E-state index in [1.807, 2.05) is 0 Å². The topological polar surface area (TPSA) is 63.1 Å². The second-order valence-electron chi connectivity index (χ2n) is 3.17. The number of carboxylic acids is 1. The molecule has 1 N–H and O–H groups in total. The van der Waals surface area contributed by atoms with Gasteiger partial charge in [0.25, 0.3) is 0 Å². The van der Waals surface area contributed by atoms with Crippen molar-refractivity contribution in [3.8, 4) is 0 Å². The average Bonchev–Trinajstić information content (AvgIpc) is 2.15. The Bertz CT molecular complexity index is 567. The first-order valence-electron chi connectivity index (χ1n) is 4.40. The van der Waals surface area contributed by atoms with Crippen LogP contribution < -0.4 is 0 Å². The fourth-order valence-electron chi connectivity index (χ4n) is 1.42. The van der Waals surface area contributed by atoms with E-state index in [0.29, 0.717) is 21.6 Å². The molecule has 2 rings (SSSR count). The molecule has 4 nitrogen and oxygen atoms in total. The summed E-state index contributed by atoms with van der Waals surface area (Å²) < 4.78 is 0. The maximum Gasteiger partial charge on any atom is 0.309 e. The van der Waals surface area contributed by atoms with E-state index in [9.17, 15) is 4.79 Å². The van der Waals surface area contributed by atoms with Gasteiger partial charge in [-0.05, 0) is 29.8 Å². The lowest BCUT2D eigenvalue weighted by Gasteiger charge is -2.04. The maximum atomic E-state index is 10.7. The number of aliphatic carboxylic acids is 1. The standard InChI is InChI=1S/C10H6Cl2N2O2/c11-5-1-2-6-7(3-5)13-10(12)14-8(6)4-9(15)16/h1-3H,4H2,(H,15,16). The molecule has 1 aromatic heterocycles. The molecular weight excluding hydrogens is 251 g/mol. The third kappa shape index (κ3) is 2.23.